The van der Waals surface area contributed by atoms with E-state index < -0.39 is 0 Å². The standard InChI is InChI=1S/C19H27N3O2/c1-13(23)22(17-8-9-17)12-15-11-16(7-10-18(15)21(2)3)20-19(24)14-5-4-6-14/h7,10-11,14,17H,4-6,8-9,12H2,1-3H3,(H,20,24). The Morgan fingerprint density at radius 3 is 2.38 bits per heavy atom. The normalized spacial score (nSPS) is 17.1. The van der Waals surface area contributed by atoms with Crippen LogP contribution in [0.2, 0.25) is 0 Å². The van der Waals surface area contributed by atoms with Crippen molar-refractivity contribution < 1.29 is 9.59 Å². The quantitative estimate of drug-likeness (QED) is 0.873. The van der Waals surface area contributed by atoms with Crippen LogP contribution in [0, 0.1) is 5.92 Å². The van der Waals surface area contributed by atoms with Gasteiger partial charge in [-0.15, -0.1) is 0 Å². The van der Waals surface area contributed by atoms with Gasteiger partial charge in [-0.1, -0.05) is 6.42 Å². The average molecular weight is 329 g/mol. The number of nitrogens with zero attached hydrogens (tertiary/aromatic N) is 2. The molecule has 0 bridgehead atoms. The van der Waals surface area contributed by atoms with Gasteiger partial charge in [0, 0.05) is 50.9 Å². The van der Waals surface area contributed by atoms with Crippen LogP contribution in [0.3, 0.4) is 0 Å². The molecule has 0 spiro atoms. The lowest BCUT2D eigenvalue weighted by atomic mass is 9.85. The van der Waals surface area contributed by atoms with Crippen molar-refractivity contribution >= 4 is 23.2 Å². The van der Waals surface area contributed by atoms with E-state index >= 15 is 0 Å². The second kappa shape index (κ2) is 6.83. The molecule has 0 radical (unpaired) electrons. The summed E-state index contributed by atoms with van der Waals surface area (Å²) in [4.78, 5) is 28.1. The summed E-state index contributed by atoms with van der Waals surface area (Å²) in [5.74, 6) is 0.406. The number of amides is 2. The molecule has 0 heterocycles. The predicted molar refractivity (Wildman–Crippen MR) is 96.0 cm³/mol. The van der Waals surface area contributed by atoms with Crippen LogP contribution in [0.1, 0.15) is 44.6 Å². The van der Waals surface area contributed by atoms with Gasteiger partial charge in [-0.2, -0.15) is 0 Å². The van der Waals surface area contributed by atoms with E-state index in [1.165, 1.54) is 0 Å². The summed E-state index contributed by atoms with van der Waals surface area (Å²) in [5, 5.41) is 3.04. The number of benzene rings is 1. The van der Waals surface area contributed by atoms with Gasteiger partial charge in [0.2, 0.25) is 11.8 Å². The van der Waals surface area contributed by atoms with Crippen LogP contribution < -0.4 is 10.2 Å². The second-order valence-electron chi connectivity index (χ2n) is 7.23. The summed E-state index contributed by atoms with van der Waals surface area (Å²) < 4.78 is 0. The fourth-order valence-electron chi connectivity index (χ4n) is 3.21. The van der Waals surface area contributed by atoms with Gasteiger partial charge >= 0.3 is 0 Å². The maximum atomic E-state index is 12.2. The predicted octanol–water partition coefficient (Wildman–Crippen LogP) is 3.00. The zero-order valence-electron chi connectivity index (χ0n) is 14.8. The van der Waals surface area contributed by atoms with Crippen LogP contribution >= 0.6 is 0 Å². The van der Waals surface area contributed by atoms with Gasteiger partial charge in [0.05, 0.1) is 0 Å². The summed E-state index contributed by atoms with van der Waals surface area (Å²) in [5.41, 5.74) is 2.99. The smallest absolute Gasteiger partial charge is 0.227 e. The minimum Gasteiger partial charge on any atom is -0.377 e. The highest BCUT2D eigenvalue weighted by Gasteiger charge is 2.31. The van der Waals surface area contributed by atoms with E-state index in [0.29, 0.717) is 12.6 Å². The monoisotopic (exact) mass is 329 g/mol. The second-order valence-corrected chi connectivity index (χ2v) is 7.23. The Morgan fingerprint density at radius 1 is 1.17 bits per heavy atom. The summed E-state index contributed by atoms with van der Waals surface area (Å²) in [6.45, 7) is 2.23. The summed E-state index contributed by atoms with van der Waals surface area (Å²) in [6, 6.07) is 6.37. The molecule has 3 rings (SSSR count). The van der Waals surface area contributed by atoms with Crippen molar-refractivity contribution in [3.05, 3.63) is 23.8 Å². The van der Waals surface area contributed by atoms with E-state index in [4.69, 9.17) is 0 Å². The van der Waals surface area contributed by atoms with Crippen LogP contribution in [0.25, 0.3) is 0 Å². The molecule has 0 aromatic heterocycles. The molecule has 1 aromatic rings. The first-order chi connectivity index (χ1) is 11.5. The number of rotatable bonds is 6. The van der Waals surface area contributed by atoms with Gasteiger partial charge in [0.25, 0.3) is 0 Å². The lowest BCUT2D eigenvalue weighted by molar-refractivity contribution is -0.130. The van der Waals surface area contributed by atoms with E-state index in [-0.39, 0.29) is 17.7 Å². The number of carbonyl (C=O) groups excluding carboxylic acids is 2. The topological polar surface area (TPSA) is 52.7 Å². The van der Waals surface area contributed by atoms with Gasteiger partial charge in [-0.3, -0.25) is 9.59 Å². The number of anilines is 2. The summed E-state index contributed by atoms with van der Waals surface area (Å²) >= 11 is 0. The van der Waals surface area contributed by atoms with Gasteiger partial charge in [0.15, 0.2) is 0 Å². The largest absolute Gasteiger partial charge is 0.377 e. The minimum absolute atomic E-state index is 0.117. The van der Waals surface area contributed by atoms with E-state index in [1.54, 1.807) is 6.92 Å². The zero-order chi connectivity index (χ0) is 17.3. The van der Waals surface area contributed by atoms with Crippen molar-refractivity contribution in [2.45, 2.75) is 51.6 Å². The Kier molecular flexibility index (Phi) is 4.78. The first-order valence-corrected chi connectivity index (χ1v) is 8.84. The molecule has 2 amide bonds. The van der Waals surface area contributed by atoms with Crippen molar-refractivity contribution in [1.82, 2.24) is 4.90 Å². The lowest BCUT2D eigenvalue weighted by Crippen LogP contribution is -2.31. The average Bonchev–Trinajstić information content (AvgIpc) is 3.26. The fourth-order valence-corrected chi connectivity index (χ4v) is 3.21. The first kappa shape index (κ1) is 16.8. The van der Waals surface area contributed by atoms with E-state index in [1.807, 2.05) is 37.2 Å². The molecule has 2 aliphatic carbocycles. The van der Waals surface area contributed by atoms with E-state index in [9.17, 15) is 9.59 Å². The first-order valence-electron chi connectivity index (χ1n) is 8.84. The molecule has 0 atom stereocenters. The van der Waals surface area contributed by atoms with Crippen LogP contribution in [-0.2, 0) is 16.1 Å². The minimum atomic E-state index is 0.117. The molecule has 1 N–H and O–H groups in total. The Morgan fingerprint density at radius 2 is 1.88 bits per heavy atom. The van der Waals surface area contributed by atoms with Crippen LogP contribution in [0.5, 0.6) is 0 Å². The molecule has 130 valence electrons. The maximum Gasteiger partial charge on any atom is 0.227 e. The highest BCUT2D eigenvalue weighted by atomic mass is 16.2. The molecule has 1 aromatic carbocycles. The number of carbonyl (C=O) groups is 2. The number of nitrogens with one attached hydrogen (secondary N) is 1. The molecule has 0 saturated heterocycles. The zero-order valence-corrected chi connectivity index (χ0v) is 14.8. The Labute approximate surface area is 144 Å². The molecule has 5 heteroatoms. The van der Waals surface area contributed by atoms with Gasteiger partial charge in [0.1, 0.15) is 0 Å². The third kappa shape index (κ3) is 3.71. The summed E-state index contributed by atoms with van der Waals surface area (Å²) in [7, 11) is 4.00. The van der Waals surface area contributed by atoms with Crippen molar-refractivity contribution in [3.63, 3.8) is 0 Å². The molecular formula is C19H27N3O2. The van der Waals surface area contributed by atoms with Crippen LogP contribution in [0.15, 0.2) is 18.2 Å². The number of hydrogen-bond donors (Lipinski definition) is 1. The maximum absolute atomic E-state index is 12.2. The third-order valence-corrected chi connectivity index (χ3v) is 5.04. The molecule has 2 aliphatic rings. The molecule has 5 nitrogen and oxygen atoms in total. The van der Waals surface area contributed by atoms with Crippen molar-refractivity contribution in [2.75, 3.05) is 24.3 Å². The van der Waals surface area contributed by atoms with Crippen molar-refractivity contribution in [1.29, 1.82) is 0 Å². The van der Waals surface area contributed by atoms with Crippen LogP contribution in [0.4, 0.5) is 11.4 Å². The van der Waals surface area contributed by atoms with Crippen molar-refractivity contribution in [3.8, 4) is 0 Å². The highest BCUT2D eigenvalue weighted by molar-refractivity contribution is 5.93. The molecule has 2 saturated carbocycles. The SMILES string of the molecule is CC(=O)N(Cc1cc(NC(=O)C2CCC2)ccc1N(C)C)C1CC1. The number of hydrogen-bond acceptors (Lipinski definition) is 3. The molecule has 2 fully saturated rings. The Hall–Kier alpha value is -2.04. The van der Waals surface area contributed by atoms with Gasteiger partial charge in [-0.05, 0) is 49.4 Å². The molecule has 24 heavy (non-hydrogen) atoms. The Balaban J connectivity index is 1.79. The Bertz CT molecular complexity index is 633. The lowest BCUT2D eigenvalue weighted by Gasteiger charge is -2.26. The summed E-state index contributed by atoms with van der Waals surface area (Å²) in [6.07, 6.45) is 5.32. The fraction of sp³-hybridized carbons (Fsp3) is 0.579. The van der Waals surface area contributed by atoms with Gasteiger partial charge < -0.3 is 15.1 Å². The molecule has 0 unspecified atom stereocenters. The third-order valence-electron chi connectivity index (χ3n) is 5.04. The van der Waals surface area contributed by atoms with E-state index in [2.05, 4.69) is 10.2 Å². The highest BCUT2D eigenvalue weighted by Crippen LogP contribution is 2.32. The van der Waals surface area contributed by atoms with Crippen molar-refractivity contribution in [2.24, 2.45) is 5.92 Å². The molecular weight excluding hydrogens is 302 g/mol. The van der Waals surface area contributed by atoms with Gasteiger partial charge in [-0.25, -0.2) is 0 Å². The molecule has 0 aliphatic heterocycles. The van der Waals surface area contributed by atoms with Crippen LogP contribution in [-0.4, -0.2) is 36.9 Å². The van der Waals surface area contributed by atoms with E-state index in [0.717, 1.165) is 49.0 Å².